The van der Waals surface area contributed by atoms with Gasteiger partial charge in [-0.2, -0.15) is 0 Å². The number of rotatable bonds is 8. The van der Waals surface area contributed by atoms with Gasteiger partial charge in [0.1, 0.15) is 5.75 Å². The zero-order valence-electron chi connectivity index (χ0n) is 21.1. The number of aromatic nitrogens is 1. The highest BCUT2D eigenvalue weighted by Gasteiger charge is 2.20. The van der Waals surface area contributed by atoms with Gasteiger partial charge in [-0.1, -0.05) is 49.4 Å². The predicted octanol–water partition coefficient (Wildman–Crippen LogP) is 6.65. The molecule has 0 bridgehead atoms. The number of carbonyl (C=O) groups excluding carboxylic acids is 1. The highest BCUT2D eigenvalue weighted by molar-refractivity contribution is 7.15. The molecule has 1 amide bonds. The molecule has 2 heterocycles. The molecule has 1 aliphatic rings. The number of amides is 1. The molecule has 6 heteroatoms. The Hall–Kier alpha value is -2.96. The van der Waals surface area contributed by atoms with E-state index in [0.29, 0.717) is 10.7 Å². The number of ether oxygens (including phenoxy) is 1. The summed E-state index contributed by atoms with van der Waals surface area (Å²) in [6.45, 7) is 11.5. The van der Waals surface area contributed by atoms with E-state index in [9.17, 15) is 4.79 Å². The molecule has 184 valence electrons. The van der Waals surface area contributed by atoms with Crippen LogP contribution in [0.4, 0.5) is 5.13 Å². The topological polar surface area (TPSA) is 54.5 Å². The lowest BCUT2D eigenvalue weighted by Crippen LogP contribution is -2.32. The number of nitrogens with one attached hydrogen (secondary N) is 1. The maximum atomic E-state index is 13.4. The first-order chi connectivity index (χ1) is 16.9. The highest BCUT2D eigenvalue weighted by Crippen LogP contribution is 2.28. The van der Waals surface area contributed by atoms with E-state index in [2.05, 4.69) is 22.1 Å². The van der Waals surface area contributed by atoms with Crippen molar-refractivity contribution in [1.29, 1.82) is 0 Å². The molecule has 0 spiro atoms. The normalized spacial score (nSPS) is 15.4. The van der Waals surface area contributed by atoms with E-state index in [1.165, 1.54) is 17.7 Å². The third-order valence-electron chi connectivity index (χ3n) is 6.25. The van der Waals surface area contributed by atoms with Gasteiger partial charge in [0, 0.05) is 17.0 Å². The van der Waals surface area contributed by atoms with Crippen molar-refractivity contribution >= 4 is 34.0 Å². The average molecular weight is 490 g/mol. The molecule has 1 aromatic heterocycles. The van der Waals surface area contributed by atoms with Gasteiger partial charge >= 0.3 is 0 Å². The Kier molecular flexibility index (Phi) is 8.37. The maximum Gasteiger partial charge on any atom is 0.258 e. The van der Waals surface area contributed by atoms with Crippen LogP contribution in [0.1, 0.15) is 55.3 Å². The molecule has 2 aromatic carbocycles. The molecule has 5 nitrogen and oxygen atoms in total. The van der Waals surface area contributed by atoms with E-state index < -0.39 is 0 Å². The molecule has 3 aromatic rings. The Morgan fingerprint density at radius 1 is 1.14 bits per heavy atom. The van der Waals surface area contributed by atoms with Crippen LogP contribution < -0.4 is 10.1 Å². The monoisotopic (exact) mass is 489 g/mol. The summed E-state index contributed by atoms with van der Waals surface area (Å²) in [6, 6.07) is 17.6. The van der Waals surface area contributed by atoms with Crippen molar-refractivity contribution in [2.24, 2.45) is 5.92 Å². The molecule has 1 fully saturated rings. The van der Waals surface area contributed by atoms with Gasteiger partial charge < -0.3 is 4.74 Å². The van der Waals surface area contributed by atoms with Gasteiger partial charge in [0.15, 0.2) is 5.13 Å². The molecule has 0 saturated carbocycles. The van der Waals surface area contributed by atoms with E-state index in [1.54, 1.807) is 11.3 Å². The second kappa shape index (κ2) is 11.6. The number of likely N-dealkylation sites (tertiary alicyclic amines) is 1. The molecular formula is C29H35N3O2S. The van der Waals surface area contributed by atoms with Crippen molar-refractivity contribution in [3.63, 3.8) is 0 Å². The Morgan fingerprint density at radius 2 is 1.83 bits per heavy atom. The number of piperidine rings is 1. The van der Waals surface area contributed by atoms with E-state index in [1.807, 2.05) is 81.4 Å². The SMILES string of the molecule is Cc1nc(NC(=O)/C(=C/c2ccc(OC(C)C)cc2)c2ccccc2)sc1CN1CCC(C)CC1. The molecule has 0 unspecified atom stereocenters. The number of benzene rings is 2. The lowest BCUT2D eigenvalue weighted by atomic mass is 9.99. The Labute approximate surface area is 212 Å². The lowest BCUT2D eigenvalue weighted by Gasteiger charge is -2.29. The second-order valence-electron chi connectivity index (χ2n) is 9.60. The van der Waals surface area contributed by atoms with Crippen LogP contribution in [0, 0.1) is 12.8 Å². The van der Waals surface area contributed by atoms with Crippen LogP contribution in [0.15, 0.2) is 54.6 Å². The van der Waals surface area contributed by atoms with Crippen molar-refractivity contribution in [3.05, 3.63) is 76.3 Å². The number of hydrogen-bond acceptors (Lipinski definition) is 5. The Bertz CT molecular complexity index is 1140. The fraction of sp³-hybridized carbons (Fsp3) is 0.379. The fourth-order valence-electron chi connectivity index (χ4n) is 4.20. The Balaban J connectivity index is 1.52. The van der Waals surface area contributed by atoms with Gasteiger partial charge in [0.25, 0.3) is 5.91 Å². The van der Waals surface area contributed by atoms with Gasteiger partial charge in [0.05, 0.1) is 11.8 Å². The summed E-state index contributed by atoms with van der Waals surface area (Å²) in [6.07, 6.45) is 4.53. The number of hydrogen-bond donors (Lipinski definition) is 1. The van der Waals surface area contributed by atoms with Crippen LogP contribution in [0.3, 0.4) is 0 Å². The summed E-state index contributed by atoms with van der Waals surface area (Å²) in [4.78, 5) is 21.8. The maximum absolute atomic E-state index is 13.4. The number of anilines is 1. The van der Waals surface area contributed by atoms with Gasteiger partial charge in [-0.05, 0) is 82.0 Å². The smallest absolute Gasteiger partial charge is 0.258 e. The summed E-state index contributed by atoms with van der Waals surface area (Å²) < 4.78 is 5.75. The Morgan fingerprint density at radius 3 is 2.49 bits per heavy atom. The molecule has 1 saturated heterocycles. The predicted molar refractivity (Wildman–Crippen MR) is 146 cm³/mol. The zero-order valence-corrected chi connectivity index (χ0v) is 21.9. The number of thiazole rings is 1. The van der Waals surface area contributed by atoms with E-state index in [4.69, 9.17) is 4.74 Å². The molecule has 0 radical (unpaired) electrons. The van der Waals surface area contributed by atoms with Crippen LogP contribution in [0.5, 0.6) is 5.75 Å². The van der Waals surface area contributed by atoms with Gasteiger partial charge in [-0.15, -0.1) is 11.3 Å². The summed E-state index contributed by atoms with van der Waals surface area (Å²) in [5, 5.41) is 3.71. The summed E-state index contributed by atoms with van der Waals surface area (Å²) >= 11 is 1.58. The highest BCUT2D eigenvalue weighted by atomic mass is 32.1. The third-order valence-corrected chi connectivity index (χ3v) is 7.31. The van der Waals surface area contributed by atoms with Gasteiger partial charge in [-0.3, -0.25) is 15.0 Å². The van der Waals surface area contributed by atoms with Crippen molar-refractivity contribution in [2.45, 2.75) is 53.2 Å². The number of carbonyl (C=O) groups is 1. The quantitative estimate of drug-likeness (QED) is 0.284. The first-order valence-electron chi connectivity index (χ1n) is 12.4. The van der Waals surface area contributed by atoms with Crippen LogP contribution in [-0.2, 0) is 11.3 Å². The van der Waals surface area contributed by atoms with Crippen LogP contribution in [-0.4, -0.2) is 35.0 Å². The minimum Gasteiger partial charge on any atom is -0.491 e. The molecule has 1 aliphatic heterocycles. The molecule has 35 heavy (non-hydrogen) atoms. The summed E-state index contributed by atoms with van der Waals surface area (Å²) in [5.74, 6) is 1.47. The van der Waals surface area contributed by atoms with Crippen molar-refractivity contribution in [1.82, 2.24) is 9.88 Å². The minimum atomic E-state index is -0.161. The zero-order chi connectivity index (χ0) is 24.8. The lowest BCUT2D eigenvalue weighted by molar-refractivity contribution is -0.111. The van der Waals surface area contributed by atoms with E-state index in [-0.39, 0.29) is 12.0 Å². The van der Waals surface area contributed by atoms with Crippen molar-refractivity contribution in [3.8, 4) is 5.75 Å². The first kappa shape index (κ1) is 25.1. The summed E-state index contributed by atoms with van der Waals surface area (Å²) in [5.41, 5.74) is 3.39. The van der Waals surface area contributed by atoms with Crippen LogP contribution in [0.2, 0.25) is 0 Å². The van der Waals surface area contributed by atoms with Crippen molar-refractivity contribution in [2.75, 3.05) is 18.4 Å². The summed E-state index contributed by atoms with van der Waals surface area (Å²) in [7, 11) is 0. The van der Waals surface area contributed by atoms with E-state index >= 15 is 0 Å². The minimum absolute atomic E-state index is 0.118. The largest absolute Gasteiger partial charge is 0.491 e. The van der Waals surface area contributed by atoms with Gasteiger partial charge in [-0.25, -0.2) is 4.98 Å². The van der Waals surface area contributed by atoms with Gasteiger partial charge in [0.2, 0.25) is 0 Å². The van der Waals surface area contributed by atoms with E-state index in [0.717, 1.165) is 48.1 Å². The second-order valence-corrected chi connectivity index (χ2v) is 10.7. The first-order valence-corrected chi connectivity index (χ1v) is 13.2. The third kappa shape index (κ3) is 7.03. The number of nitrogens with zero attached hydrogens (tertiary/aromatic N) is 2. The van der Waals surface area contributed by atoms with Crippen molar-refractivity contribution < 1.29 is 9.53 Å². The number of aryl methyl sites for hydroxylation is 1. The standard InChI is InChI=1S/C29H35N3O2S/c1-20(2)34-25-12-10-23(11-13-25)18-26(24-8-6-5-7-9-24)28(33)31-29-30-22(4)27(35-29)19-32-16-14-21(3)15-17-32/h5-13,18,20-21H,14-17,19H2,1-4H3,(H,30,31,33)/b26-18+. The molecular weight excluding hydrogens is 454 g/mol. The average Bonchev–Trinajstić information content (AvgIpc) is 3.18. The van der Waals surface area contributed by atoms with Crippen LogP contribution >= 0.6 is 11.3 Å². The fourth-order valence-corrected chi connectivity index (χ4v) is 5.20. The molecule has 0 aliphatic carbocycles. The molecule has 0 atom stereocenters. The van der Waals surface area contributed by atoms with Crippen LogP contribution in [0.25, 0.3) is 11.6 Å². The molecule has 1 N–H and O–H groups in total. The molecule has 4 rings (SSSR count).